The molecule has 0 fully saturated rings. The molecule has 0 unspecified atom stereocenters. The lowest BCUT2D eigenvalue weighted by atomic mass is 10.1. The van der Waals surface area contributed by atoms with Gasteiger partial charge in [0.15, 0.2) is 0 Å². The molecule has 2 aromatic rings. The van der Waals surface area contributed by atoms with Gasteiger partial charge in [0.25, 0.3) is 0 Å². The Hall–Kier alpha value is -1.62. The van der Waals surface area contributed by atoms with E-state index in [2.05, 4.69) is 21.2 Å². The molecule has 0 aliphatic heterocycles. The van der Waals surface area contributed by atoms with Crippen molar-refractivity contribution in [1.29, 1.82) is 0 Å². The van der Waals surface area contributed by atoms with Crippen molar-refractivity contribution in [2.24, 2.45) is 0 Å². The number of benzene rings is 2. The van der Waals surface area contributed by atoms with Gasteiger partial charge in [0.1, 0.15) is 17.4 Å². The van der Waals surface area contributed by atoms with Gasteiger partial charge < -0.3 is 10.1 Å². The fraction of sp³-hybridized carbons (Fsp3) is 0.200. The summed E-state index contributed by atoms with van der Waals surface area (Å²) in [7, 11) is 1.49. The molecule has 2 aromatic carbocycles. The minimum Gasteiger partial charge on any atom is -0.497 e. The highest BCUT2D eigenvalue weighted by atomic mass is 79.9. The van der Waals surface area contributed by atoms with Crippen LogP contribution >= 0.6 is 15.9 Å². The van der Waals surface area contributed by atoms with Crippen molar-refractivity contribution < 1.29 is 13.5 Å². The molecule has 106 valence electrons. The molecular weight excluding hydrogens is 328 g/mol. The number of halogens is 3. The summed E-state index contributed by atoms with van der Waals surface area (Å²) in [6.07, 6.45) is 0. The molecule has 0 atom stereocenters. The van der Waals surface area contributed by atoms with Crippen molar-refractivity contribution in [3.05, 3.63) is 57.6 Å². The molecule has 0 bridgehead atoms. The van der Waals surface area contributed by atoms with Gasteiger partial charge in [0, 0.05) is 23.9 Å². The maximum absolute atomic E-state index is 13.8. The molecule has 0 aliphatic carbocycles. The van der Waals surface area contributed by atoms with Crippen LogP contribution in [0.15, 0.2) is 34.8 Å². The molecule has 0 amide bonds. The van der Waals surface area contributed by atoms with Gasteiger partial charge in [-0.15, -0.1) is 0 Å². The number of ether oxygens (including phenoxy) is 1. The van der Waals surface area contributed by atoms with E-state index in [1.807, 2.05) is 0 Å². The standard InChI is InChI=1S/C15H14BrF2NO/c1-9-5-14(18)12(16)7-15(9)19-8-10-3-4-11(20-2)6-13(10)17/h3-7,19H,8H2,1-2H3. The molecule has 20 heavy (non-hydrogen) atoms. The van der Waals surface area contributed by atoms with E-state index in [9.17, 15) is 8.78 Å². The largest absolute Gasteiger partial charge is 0.497 e. The molecule has 0 spiro atoms. The third-order valence-electron chi connectivity index (χ3n) is 3.00. The Morgan fingerprint density at radius 3 is 2.55 bits per heavy atom. The maximum atomic E-state index is 13.8. The molecule has 0 saturated carbocycles. The fourth-order valence-corrected chi connectivity index (χ4v) is 2.17. The lowest BCUT2D eigenvalue weighted by molar-refractivity contribution is 0.411. The number of rotatable bonds is 4. The maximum Gasteiger partial charge on any atom is 0.137 e. The number of nitrogens with one attached hydrogen (secondary N) is 1. The second-order valence-electron chi connectivity index (χ2n) is 4.39. The summed E-state index contributed by atoms with van der Waals surface area (Å²) < 4.78 is 32.4. The van der Waals surface area contributed by atoms with E-state index in [1.165, 1.54) is 19.2 Å². The number of methoxy groups -OCH3 is 1. The molecule has 1 N–H and O–H groups in total. The molecular formula is C15H14BrF2NO. The SMILES string of the molecule is COc1ccc(CNc2cc(Br)c(F)cc2C)c(F)c1. The van der Waals surface area contributed by atoms with Gasteiger partial charge in [-0.2, -0.15) is 0 Å². The van der Waals surface area contributed by atoms with Gasteiger partial charge in [-0.3, -0.25) is 0 Å². The van der Waals surface area contributed by atoms with Gasteiger partial charge in [-0.25, -0.2) is 8.78 Å². The Labute approximate surface area is 124 Å². The van der Waals surface area contributed by atoms with Crippen molar-refractivity contribution in [1.82, 2.24) is 0 Å². The highest BCUT2D eigenvalue weighted by molar-refractivity contribution is 9.10. The van der Waals surface area contributed by atoms with Crippen LogP contribution in [0.5, 0.6) is 5.75 Å². The van der Waals surface area contributed by atoms with E-state index >= 15 is 0 Å². The van der Waals surface area contributed by atoms with Crippen LogP contribution in [-0.4, -0.2) is 7.11 Å². The van der Waals surface area contributed by atoms with E-state index in [-0.39, 0.29) is 11.6 Å². The van der Waals surface area contributed by atoms with E-state index in [4.69, 9.17) is 4.74 Å². The minimum absolute atomic E-state index is 0.314. The summed E-state index contributed by atoms with van der Waals surface area (Å²) in [5.41, 5.74) is 2.04. The first-order chi connectivity index (χ1) is 9.51. The fourth-order valence-electron chi connectivity index (χ4n) is 1.83. The van der Waals surface area contributed by atoms with Crippen molar-refractivity contribution >= 4 is 21.6 Å². The average Bonchev–Trinajstić information content (AvgIpc) is 2.42. The number of anilines is 1. The summed E-state index contributed by atoms with van der Waals surface area (Å²) in [5, 5.41) is 3.10. The molecule has 0 saturated heterocycles. The van der Waals surface area contributed by atoms with Crippen molar-refractivity contribution in [3.8, 4) is 5.75 Å². The lowest BCUT2D eigenvalue weighted by Gasteiger charge is -2.12. The third kappa shape index (κ3) is 3.28. The molecule has 0 aromatic heterocycles. The topological polar surface area (TPSA) is 21.3 Å². The summed E-state index contributed by atoms with van der Waals surface area (Å²) >= 11 is 3.13. The highest BCUT2D eigenvalue weighted by Gasteiger charge is 2.07. The van der Waals surface area contributed by atoms with Crippen LogP contribution in [0.4, 0.5) is 14.5 Å². The second-order valence-corrected chi connectivity index (χ2v) is 5.25. The molecule has 2 nitrogen and oxygen atoms in total. The summed E-state index contributed by atoms with van der Waals surface area (Å²) in [6.45, 7) is 2.11. The minimum atomic E-state index is -0.337. The van der Waals surface area contributed by atoms with E-state index in [0.717, 1.165) is 11.3 Å². The molecule has 0 heterocycles. The van der Waals surface area contributed by atoms with Crippen molar-refractivity contribution in [2.45, 2.75) is 13.5 Å². The Morgan fingerprint density at radius 1 is 1.15 bits per heavy atom. The number of hydrogen-bond donors (Lipinski definition) is 1. The Kier molecular flexibility index (Phi) is 4.60. The van der Waals surface area contributed by atoms with Crippen LogP contribution in [0.1, 0.15) is 11.1 Å². The normalized spacial score (nSPS) is 10.4. The van der Waals surface area contributed by atoms with Gasteiger partial charge in [0.05, 0.1) is 11.6 Å². The predicted molar refractivity (Wildman–Crippen MR) is 79.1 cm³/mol. The highest BCUT2D eigenvalue weighted by Crippen LogP contribution is 2.25. The monoisotopic (exact) mass is 341 g/mol. The second kappa shape index (κ2) is 6.22. The van der Waals surface area contributed by atoms with Crippen molar-refractivity contribution in [3.63, 3.8) is 0 Å². The first kappa shape index (κ1) is 14.8. The predicted octanol–water partition coefficient (Wildman–Crippen LogP) is 4.66. The van der Waals surface area contributed by atoms with Crippen LogP contribution in [0, 0.1) is 18.6 Å². The lowest BCUT2D eigenvalue weighted by Crippen LogP contribution is -2.04. The number of hydrogen-bond acceptors (Lipinski definition) is 2. The van der Waals surface area contributed by atoms with Crippen LogP contribution in [0.25, 0.3) is 0 Å². The Bertz CT molecular complexity index is 632. The molecule has 0 aliphatic rings. The van der Waals surface area contributed by atoms with Crippen LogP contribution in [0.2, 0.25) is 0 Å². The summed E-state index contributed by atoms with van der Waals surface area (Å²) in [5.74, 6) is -0.175. The Morgan fingerprint density at radius 2 is 1.90 bits per heavy atom. The van der Waals surface area contributed by atoms with Crippen molar-refractivity contribution in [2.75, 3.05) is 12.4 Å². The zero-order chi connectivity index (χ0) is 14.7. The molecule has 2 rings (SSSR count). The van der Waals surface area contributed by atoms with E-state index in [1.54, 1.807) is 25.1 Å². The van der Waals surface area contributed by atoms with Crippen LogP contribution in [0.3, 0.4) is 0 Å². The Balaban J connectivity index is 2.15. The quantitative estimate of drug-likeness (QED) is 0.873. The van der Waals surface area contributed by atoms with Gasteiger partial charge in [-0.1, -0.05) is 6.07 Å². The molecule has 5 heteroatoms. The summed E-state index contributed by atoms with van der Waals surface area (Å²) in [4.78, 5) is 0. The van der Waals surface area contributed by atoms with E-state index < -0.39 is 0 Å². The van der Waals surface area contributed by atoms with Gasteiger partial charge in [-0.05, 0) is 46.6 Å². The zero-order valence-corrected chi connectivity index (χ0v) is 12.7. The smallest absolute Gasteiger partial charge is 0.137 e. The molecule has 0 radical (unpaired) electrons. The van der Waals surface area contributed by atoms with Gasteiger partial charge in [0.2, 0.25) is 0 Å². The van der Waals surface area contributed by atoms with Crippen LogP contribution < -0.4 is 10.1 Å². The average molecular weight is 342 g/mol. The number of aryl methyl sites for hydroxylation is 1. The van der Waals surface area contributed by atoms with Gasteiger partial charge >= 0.3 is 0 Å². The first-order valence-electron chi connectivity index (χ1n) is 6.03. The summed E-state index contributed by atoms with van der Waals surface area (Å²) in [6, 6.07) is 7.77. The van der Waals surface area contributed by atoms with E-state index in [0.29, 0.717) is 22.3 Å². The zero-order valence-electron chi connectivity index (χ0n) is 11.1. The first-order valence-corrected chi connectivity index (χ1v) is 6.82. The third-order valence-corrected chi connectivity index (χ3v) is 3.60. The van der Waals surface area contributed by atoms with Crippen LogP contribution in [-0.2, 0) is 6.54 Å².